The van der Waals surface area contributed by atoms with Crippen LogP contribution in [0.2, 0.25) is 5.02 Å². The van der Waals surface area contributed by atoms with Crippen molar-refractivity contribution in [1.82, 2.24) is 14.6 Å². The number of hydrogen-bond donors (Lipinski definition) is 0. The molecule has 0 saturated heterocycles. The molecule has 3 aromatic heterocycles. The number of aromatic nitrogens is 3. The summed E-state index contributed by atoms with van der Waals surface area (Å²) < 4.78 is 13.6. The van der Waals surface area contributed by atoms with Gasteiger partial charge in [-0.1, -0.05) is 17.7 Å². The standard InChI is InChI=1S/C14H10BrClN3O2Si/c15-9-5-12(14-10(16)6-18-19(14)7-9)21-13(8-20-22)11-3-1-2-4-17-11/h1-7,13H,8H2. The number of rotatable bonds is 5. The predicted molar refractivity (Wildman–Crippen MR) is 87.2 cm³/mol. The Morgan fingerprint density at radius 1 is 1.41 bits per heavy atom. The third-order valence-electron chi connectivity index (χ3n) is 3.02. The summed E-state index contributed by atoms with van der Waals surface area (Å²) in [6.07, 6.45) is 4.71. The van der Waals surface area contributed by atoms with Crippen molar-refractivity contribution in [3.8, 4) is 5.75 Å². The van der Waals surface area contributed by atoms with E-state index in [2.05, 4.69) is 36.5 Å². The van der Waals surface area contributed by atoms with Crippen molar-refractivity contribution in [3.05, 3.63) is 58.0 Å². The largest absolute Gasteiger partial charge is 0.479 e. The summed E-state index contributed by atoms with van der Waals surface area (Å²) in [5.74, 6) is 0.594. The molecule has 8 heteroatoms. The average molecular weight is 396 g/mol. The molecule has 0 aliphatic heterocycles. The first kappa shape index (κ1) is 15.5. The molecule has 1 atom stereocenters. The van der Waals surface area contributed by atoms with Crippen LogP contribution < -0.4 is 4.74 Å². The van der Waals surface area contributed by atoms with Crippen molar-refractivity contribution in [3.63, 3.8) is 0 Å². The number of hydrogen-bond acceptors (Lipinski definition) is 4. The molecule has 5 nitrogen and oxygen atoms in total. The molecule has 0 bridgehead atoms. The second kappa shape index (κ2) is 6.78. The summed E-state index contributed by atoms with van der Waals surface area (Å²) in [5.41, 5.74) is 1.45. The van der Waals surface area contributed by atoms with Crippen molar-refractivity contribution in [2.75, 3.05) is 6.61 Å². The normalized spacial score (nSPS) is 12.5. The molecule has 0 amide bonds. The van der Waals surface area contributed by atoms with Gasteiger partial charge in [-0.15, -0.1) is 0 Å². The summed E-state index contributed by atoms with van der Waals surface area (Å²) in [6, 6.07) is 7.46. The van der Waals surface area contributed by atoms with E-state index in [1.165, 1.54) is 0 Å². The van der Waals surface area contributed by atoms with Gasteiger partial charge in [0.1, 0.15) is 11.3 Å². The highest BCUT2D eigenvalue weighted by Crippen LogP contribution is 2.32. The van der Waals surface area contributed by atoms with Gasteiger partial charge >= 0.3 is 0 Å². The van der Waals surface area contributed by atoms with Gasteiger partial charge in [0.2, 0.25) is 10.5 Å². The molecule has 0 saturated carbocycles. The quantitative estimate of drug-likeness (QED) is 0.622. The fourth-order valence-electron chi connectivity index (χ4n) is 2.08. The number of ether oxygens (including phenoxy) is 1. The highest BCUT2D eigenvalue weighted by atomic mass is 79.9. The Morgan fingerprint density at radius 3 is 3.00 bits per heavy atom. The molecule has 0 N–H and O–H groups in total. The van der Waals surface area contributed by atoms with Gasteiger partial charge in [0.25, 0.3) is 0 Å². The van der Waals surface area contributed by atoms with E-state index in [1.54, 1.807) is 16.9 Å². The Bertz CT molecular complexity index is 784. The molecule has 0 aromatic carbocycles. The van der Waals surface area contributed by atoms with Gasteiger partial charge in [-0.3, -0.25) is 4.98 Å². The minimum absolute atomic E-state index is 0.290. The number of pyridine rings is 2. The van der Waals surface area contributed by atoms with Gasteiger partial charge < -0.3 is 9.16 Å². The molecule has 111 valence electrons. The van der Waals surface area contributed by atoms with Crippen molar-refractivity contribution < 1.29 is 9.16 Å². The van der Waals surface area contributed by atoms with Crippen LogP contribution in [0, 0.1) is 0 Å². The van der Waals surface area contributed by atoms with Crippen LogP contribution >= 0.6 is 27.5 Å². The van der Waals surface area contributed by atoms with Gasteiger partial charge in [0, 0.05) is 16.9 Å². The molecule has 22 heavy (non-hydrogen) atoms. The molecular formula is C14H10BrClN3O2Si. The maximum atomic E-state index is 6.20. The lowest BCUT2D eigenvalue weighted by Crippen LogP contribution is -2.15. The number of nitrogens with zero attached hydrogens (tertiary/aromatic N) is 3. The first-order valence-electron chi connectivity index (χ1n) is 6.37. The van der Waals surface area contributed by atoms with E-state index in [0.29, 0.717) is 22.9 Å². The molecule has 3 aromatic rings. The average Bonchev–Trinajstić information content (AvgIpc) is 2.89. The van der Waals surface area contributed by atoms with Crippen molar-refractivity contribution in [2.45, 2.75) is 6.10 Å². The highest BCUT2D eigenvalue weighted by Gasteiger charge is 2.18. The summed E-state index contributed by atoms with van der Waals surface area (Å²) in [6.45, 7) is 0.290. The van der Waals surface area contributed by atoms with Crippen molar-refractivity contribution in [1.29, 1.82) is 0 Å². The second-order valence-corrected chi connectivity index (χ2v) is 6.09. The Morgan fingerprint density at radius 2 is 2.27 bits per heavy atom. The molecule has 3 radical (unpaired) electrons. The van der Waals surface area contributed by atoms with E-state index >= 15 is 0 Å². The van der Waals surface area contributed by atoms with E-state index in [4.69, 9.17) is 20.8 Å². The minimum atomic E-state index is -0.386. The van der Waals surface area contributed by atoms with Crippen LogP contribution in [0.4, 0.5) is 0 Å². The summed E-state index contributed by atoms with van der Waals surface area (Å²) >= 11 is 9.64. The van der Waals surface area contributed by atoms with E-state index in [0.717, 1.165) is 10.2 Å². The Balaban J connectivity index is 2.01. The van der Waals surface area contributed by atoms with Crippen molar-refractivity contribution >= 4 is 43.5 Å². The SMILES string of the molecule is [Si]OCC(Oc1cc(Br)cn2ncc(Cl)c12)c1ccccn1. The van der Waals surface area contributed by atoms with Crippen LogP contribution in [0.3, 0.4) is 0 Å². The van der Waals surface area contributed by atoms with Crippen molar-refractivity contribution in [2.24, 2.45) is 0 Å². The van der Waals surface area contributed by atoms with E-state index in [1.807, 2.05) is 30.5 Å². The predicted octanol–water partition coefficient (Wildman–Crippen LogP) is 3.37. The smallest absolute Gasteiger partial charge is 0.246 e. The Hall–Kier alpha value is -1.41. The highest BCUT2D eigenvalue weighted by molar-refractivity contribution is 9.10. The zero-order valence-electron chi connectivity index (χ0n) is 11.2. The lowest BCUT2D eigenvalue weighted by Gasteiger charge is -2.19. The van der Waals surface area contributed by atoms with Crippen LogP contribution in [-0.2, 0) is 4.43 Å². The summed E-state index contributed by atoms with van der Waals surface area (Å²) in [4.78, 5) is 4.31. The molecule has 0 aliphatic rings. The summed E-state index contributed by atoms with van der Waals surface area (Å²) in [5, 5.41) is 4.70. The maximum absolute atomic E-state index is 6.20. The number of fused-ring (bicyclic) bond motifs is 1. The zero-order valence-corrected chi connectivity index (χ0v) is 14.6. The molecule has 0 fully saturated rings. The third-order valence-corrected chi connectivity index (χ3v) is 3.90. The molecule has 3 rings (SSSR count). The van der Waals surface area contributed by atoms with Gasteiger partial charge in [0.05, 0.1) is 23.5 Å². The molecule has 0 spiro atoms. The zero-order chi connectivity index (χ0) is 15.5. The van der Waals surface area contributed by atoms with E-state index in [9.17, 15) is 0 Å². The van der Waals surface area contributed by atoms with Crippen LogP contribution in [0.25, 0.3) is 5.52 Å². The minimum Gasteiger partial charge on any atom is -0.479 e. The first-order valence-corrected chi connectivity index (χ1v) is 7.95. The molecular weight excluding hydrogens is 386 g/mol. The topological polar surface area (TPSA) is 48.7 Å². The van der Waals surface area contributed by atoms with Crippen LogP contribution in [0.15, 0.2) is 47.3 Å². The van der Waals surface area contributed by atoms with Crippen LogP contribution in [0.1, 0.15) is 11.8 Å². The monoisotopic (exact) mass is 394 g/mol. The lowest BCUT2D eigenvalue weighted by atomic mass is 10.2. The van der Waals surface area contributed by atoms with Gasteiger partial charge in [-0.2, -0.15) is 5.10 Å². The Labute approximate surface area is 143 Å². The van der Waals surface area contributed by atoms with Crippen LogP contribution in [-0.4, -0.2) is 31.7 Å². The molecule has 1 unspecified atom stereocenters. The van der Waals surface area contributed by atoms with Gasteiger partial charge in [-0.05, 0) is 34.1 Å². The van der Waals surface area contributed by atoms with E-state index < -0.39 is 0 Å². The summed E-state index contributed by atoms with van der Waals surface area (Å²) in [7, 11) is 3.02. The third kappa shape index (κ3) is 3.17. The van der Waals surface area contributed by atoms with Gasteiger partial charge in [-0.25, -0.2) is 4.52 Å². The maximum Gasteiger partial charge on any atom is 0.246 e. The van der Waals surface area contributed by atoms with E-state index in [-0.39, 0.29) is 6.10 Å². The molecule has 0 aliphatic carbocycles. The Kier molecular flexibility index (Phi) is 4.77. The van der Waals surface area contributed by atoms with Gasteiger partial charge in [0.15, 0.2) is 6.10 Å². The lowest BCUT2D eigenvalue weighted by molar-refractivity contribution is 0.133. The fourth-order valence-corrected chi connectivity index (χ4v) is 2.86. The second-order valence-electron chi connectivity index (χ2n) is 4.48. The first-order chi connectivity index (χ1) is 10.7. The molecule has 3 heterocycles. The number of halogens is 2. The van der Waals surface area contributed by atoms with Crippen LogP contribution in [0.5, 0.6) is 5.75 Å². The fraction of sp³-hybridized carbons (Fsp3) is 0.143.